The van der Waals surface area contributed by atoms with Gasteiger partial charge >= 0.3 is 0 Å². The third kappa shape index (κ3) is 10.8. The lowest BCUT2D eigenvalue weighted by atomic mass is 9.70. The summed E-state index contributed by atoms with van der Waals surface area (Å²) in [6, 6.07) is 95.4. The molecule has 0 amide bonds. The lowest BCUT2D eigenvalue weighted by Gasteiger charge is -2.33. The average Bonchev–Trinajstić information content (AvgIpc) is 1.39. The molecule has 19 rings (SSSR count). The molecule has 0 fully saturated rings. The van der Waals surface area contributed by atoms with Gasteiger partial charge in [-0.3, -0.25) is 0 Å². The number of aryl methyl sites for hydroxylation is 2. The van der Waals surface area contributed by atoms with Crippen LogP contribution in [0.2, 0.25) is 0 Å². The summed E-state index contributed by atoms with van der Waals surface area (Å²) in [7, 11) is 0. The van der Waals surface area contributed by atoms with Crippen LogP contribution in [0.5, 0.6) is 0 Å². The zero-order valence-corrected chi connectivity index (χ0v) is 65.3. The van der Waals surface area contributed by atoms with Crippen LogP contribution in [0.25, 0.3) is 133 Å². The Hall–Kier alpha value is -10.7. The molecule has 3 nitrogen and oxygen atoms in total. The fourth-order valence-corrected chi connectivity index (χ4v) is 20.7. The third-order valence-electron chi connectivity index (χ3n) is 26.6. The van der Waals surface area contributed by atoms with Gasteiger partial charge in [-0.2, -0.15) is 0 Å². The molecule has 0 saturated heterocycles. The van der Waals surface area contributed by atoms with Crippen LogP contribution >= 0.6 is 0 Å². The van der Waals surface area contributed by atoms with Crippen molar-refractivity contribution in [3.8, 4) is 89.0 Å². The predicted molar refractivity (Wildman–Crippen MR) is 462 cm³/mol. The van der Waals surface area contributed by atoms with E-state index < -0.39 is 0 Å². The number of nitrogens with zero attached hydrogens (tertiary/aromatic N) is 1. The zero-order valence-electron chi connectivity index (χ0n) is 65.3. The summed E-state index contributed by atoms with van der Waals surface area (Å²) in [4.78, 5) is 2.52. The number of para-hydroxylation sites is 2. The first-order valence-electron chi connectivity index (χ1n) is 40.9. The van der Waals surface area contributed by atoms with Gasteiger partial charge in [0.1, 0.15) is 22.3 Å². The van der Waals surface area contributed by atoms with Gasteiger partial charge in [-0.15, -0.1) is 0 Å². The molecule has 0 saturated carbocycles. The highest BCUT2D eigenvalue weighted by Crippen LogP contribution is 2.61. The molecule has 2 aromatic heterocycles. The van der Waals surface area contributed by atoms with Crippen LogP contribution < -0.4 is 4.90 Å². The minimum absolute atomic E-state index is 0.0336. The molecule has 540 valence electrons. The van der Waals surface area contributed by atoms with Crippen LogP contribution in [0.15, 0.2) is 258 Å². The van der Waals surface area contributed by atoms with E-state index in [2.05, 4.69) is 323 Å². The van der Waals surface area contributed by atoms with Crippen molar-refractivity contribution in [2.75, 3.05) is 4.90 Å². The predicted octanol–water partition coefficient (Wildman–Crippen LogP) is 30.9. The molecule has 0 radical (unpaired) electrons. The van der Waals surface area contributed by atoms with Gasteiger partial charge in [-0.05, 0) is 239 Å². The van der Waals surface area contributed by atoms with Gasteiger partial charge in [0.25, 0.3) is 0 Å². The highest BCUT2D eigenvalue weighted by atomic mass is 16.3. The van der Waals surface area contributed by atoms with Crippen molar-refractivity contribution in [2.24, 2.45) is 0 Å². The molecule has 0 N–H and O–H groups in total. The molecule has 0 bridgehead atoms. The SMILES string of the molecule is CCCCCCCCC1(CCCCCCCC)c2ccccc2-c2ccc(-c3ccc4c(c3)C(C)(C)c3cc(-c5ccc(N(c6ccc7c(c6)C(C)(C)c6cc(-c8ccccc8C)c8oc9ccccc9c8c6-7)c6ccc7c(c6)C(C)(C)c6cc(-c8ccccc8C)c8oc9ccccc9c8c6-7)cc5)ccc3-4)cc21. The van der Waals surface area contributed by atoms with Gasteiger partial charge in [0.2, 0.25) is 0 Å². The maximum absolute atomic E-state index is 6.98. The van der Waals surface area contributed by atoms with Gasteiger partial charge in [-0.25, -0.2) is 0 Å². The molecular formula is C106H99NO2. The summed E-state index contributed by atoms with van der Waals surface area (Å²) < 4.78 is 14.0. The highest BCUT2D eigenvalue weighted by molar-refractivity contribution is 6.20. The van der Waals surface area contributed by atoms with Crippen molar-refractivity contribution in [3.05, 3.63) is 304 Å². The van der Waals surface area contributed by atoms with E-state index in [1.54, 1.807) is 11.1 Å². The second kappa shape index (κ2) is 26.5. The summed E-state index contributed by atoms with van der Waals surface area (Å²) >= 11 is 0. The minimum atomic E-state index is -0.362. The number of rotatable bonds is 21. The number of hydrogen-bond donors (Lipinski definition) is 0. The summed E-state index contributed by atoms with van der Waals surface area (Å²) in [6.45, 7) is 23.7. The van der Waals surface area contributed by atoms with Crippen molar-refractivity contribution in [1.82, 2.24) is 0 Å². The molecule has 0 spiro atoms. The van der Waals surface area contributed by atoms with Crippen LogP contribution in [0.1, 0.15) is 201 Å². The average molecular weight is 1420 g/mol. The lowest BCUT2D eigenvalue weighted by Crippen LogP contribution is -2.25. The highest BCUT2D eigenvalue weighted by Gasteiger charge is 2.45. The molecule has 3 heteroatoms. The topological polar surface area (TPSA) is 29.5 Å². The molecule has 109 heavy (non-hydrogen) atoms. The van der Waals surface area contributed by atoms with Crippen molar-refractivity contribution in [3.63, 3.8) is 0 Å². The zero-order chi connectivity index (χ0) is 74.2. The monoisotopic (exact) mass is 1420 g/mol. The van der Waals surface area contributed by atoms with E-state index >= 15 is 0 Å². The maximum Gasteiger partial charge on any atom is 0.143 e. The first-order chi connectivity index (χ1) is 53.1. The fraction of sp³-hybridized carbons (Fsp3) is 0.264. The summed E-state index contributed by atoms with van der Waals surface area (Å²) in [5.41, 5.74) is 40.1. The van der Waals surface area contributed by atoms with Crippen LogP contribution in [0.3, 0.4) is 0 Å². The van der Waals surface area contributed by atoms with E-state index in [4.69, 9.17) is 8.83 Å². The first kappa shape index (κ1) is 68.8. The molecular weight excluding hydrogens is 1320 g/mol. The van der Waals surface area contributed by atoms with Crippen molar-refractivity contribution in [2.45, 2.75) is 181 Å². The van der Waals surface area contributed by atoms with E-state index in [0.717, 1.165) is 61.3 Å². The van der Waals surface area contributed by atoms with Crippen molar-refractivity contribution < 1.29 is 8.83 Å². The molecule has 4 aliphatic rings. The number of anilines is 3. The van der Waals surface area contributed by atoms with E-state index in [1.807, 2.05) is 0 Å². The third-order valence-corrected chi connectivity index (χ3v) is 26.6. The molecule has 13 aromatic carbocycles. The van der Waals surface area contributed by atoms with Crippen molar-refractivity contribution >= 4 is 60.9 Å². The summed E-state index contributed by atoms with van der Waals surface area (Å²) in [5.74, 6) is 0. The van der Waals surface area contributed by atoms with E-state index in [0.29, 0.717) is 0 Å². The first-order valence-corrected chi connectivity index (χ1v) is 40.9. The van der Waals surface area contributed by atoms with Crippen LogP contribution in [-0.4, -0.2) is 0 Å². The number of hydrogen-bond acceptors (Lipinski definition) is 3. The Morgan fingerprint density at radius 2 is 0.633 bits per heavy atom. The molecule has 2 heterocycles. The van der Waals surface area contributed by atoms with E-state index in [1.165, 1.54) is 223 Å². The molecule has 0 aliphatic heterocycles. The van der Waals surface area contributed by atoms with Gasteiger partial charge in [0.05, 0.1) is 0 Å². The van der Waals surface area contributed by atoms with Crippen LogP contribution in [0.4, 0.5) is 17.1 Å². The Kier molecular flexibility index (Phi) is 16.7. The van der Waals surface area contributed by atoms with Gasteiger partial charge in [-0.1, -0.05) is 302 Å². The standard InChI is InChI=1S/C106H99NO2/c1-11-13-15-17-19-31-57-106(58-32-20-18-16-14-12-2)87-40-28-25-37-77(87)80-54-47-71(61-92(80)106)70-46-53-79-78-52-45-69(59-88(78)103(5,6)89(79)60-70)68-43-48-72(49-44-68)107(73-50-55-81-90(62-73)104(7,8)93-64-85(75-35-23-21-33-66(75)3)101-99(97(81)93)83-38-26-29-41-95(83)108-101)74-51-56-82-91(63-74)105(9,10)94-65-86(76-36-24-22-34-67(76)4)102-100(98(82)94)84-39-27-30-42-96(84)109-102/h21-30,33-56,59-65H,11-20,31-32,57-58H2,1-10H3. The largest absolute Gasteiger partial charge is 0.455 e. The number of fused-ring (bicyclic) bond motifs is 20. The lowest BCUT2D eigenvalue weighted by molar-refractivity contribution is 0.398. The van der Waals surface area contributed by atoms with E-state index in [-0.39, 0.29) is 21.7 Å². The molecule has 0 atom stereocenters. The van der Waals surface area contributed by atoms with Crippen LogP contribution in [0, 0.1) is 13.8 Å². The number of unbranched alkanes of at least 4 members (excludes halogenated alkanes) is 10. The normalized spacial score (nSPS) is 14.8. The molecule has 15 aromatic rings. The summed E-state index contributed by atoms with van der Waals surface area (Å²) in [6.07, 6.45) is 18.3. The fourth-order valence-electron chi connectivity index (χ4n) is 20.7. The summed E-state index contributed by atoms with van der Waals surface area (Å²) in [5, 5.41) is 4.67. The Labute approximate surface area is 644 Å². The van der Waals surface area contributed by atoms with Crippen molar-refractivity contribution in [1.29, 1.82) is 0 Å². The number of furan rings is 2. The molecule has 0 unspecified atom stereocenters. The second-order valence-electron chi connectivity index (χ2n) is 34.1. The Balaban J connectivity index is 0.700. The maximum atomic E-state index is 6.98. The Bertz CT molecular complexity index is 5910. The Morgan fingerprint density at radius 3 is 1.12 bits per heavy atom. The van der Waals surface area contributed by atoms with Gasteiger partial charge < -0.3 is 13.7 Å². The number of benzene rings is 13. The van der Waals surface area contributed by atoms with Gasteiger partial charge in [0.15, 0.2) is 0 Å². The minimum Gasteiger partial charge on any atom is -0.455 e. The van der Waals surface area contributed by atoms with E-state index in [9.17, 15) is 0 Å². The second-order valence-corrected chi connectivity index (χ2v) is 34.1. The molecule has 4 aliphatic carbocycles. The van der Waals surface area contributed by atoms with Crippen LogP contribution in [-0.2, 0) is 21.7 Å². The quantitative estimate of drug-likeness (QED) is 0.0672. The Morgan fingerprint density at radius 1 is 0.275 bits per heavy atom. The van der Waals surface area contributed by atoms with Gasteiger partial charge in [0, 0.05) is 71.4 Å². The smallest absolute Gasteiger partial charge is 0.143 e.